The maximum Gasteiger partial charge on any atom is 0.212 e. The first-order valence-corrected chi connectivity index (χ1v) is 2.90. The SMILES string of the molecule is N#Cc1nccn1CCO. The van der Waals surface area contributed by atoms with Crippen LogP contribution in [0.5, 0.6) is 0 Å². The second-order valence-corrected chi connectivity index (χ2v) is 1.78. The molecule has 0 spiro atoms. The van der Waals surface area contributed by atoms with Crippen molar-refractivity contribution in [2.75, 3.05) is 6.61 Å². The summed E-state index contributed by atoms with van der Waals surface area (Å²) in [4.78, 5) is 3.74. The minimum absolute atomic E-state index is 0.0328. The Labute approximate surface area is 58.4 Å². The van der Waals surface area contributed by atoms with Crippen LogP contribution in [0.25, 0.3) is 0 Å². The third-order valence-electron chi connectivity index (χ3n) is 1.16. The average Bonchev–Trinajstić information content (AvgIpc) is 2.36. The van der Waals surface area contributed by atoms with Crippen LogP contribution in [-0.4, -0.2) is 21.3 Å². The van der Waals surface area contributed by atoms with Gasteiger partial charge in [0.2, 0.25) is 5.82 Å². The van der Waals surface area contributed by atoms with Gasteiger partial charge in [-0.15, -0.1) is 0 Å². The van der Waals surface area contributed by atoms with Gasteiger partial charge in [-0.25, -0.2) is 4.98 Å². The number of aromatic nitrogens is 2. The Hall–Kier alpha value is -1.34. The highest BCUT2D eigenvalue weighted by Gasteiger charge is 1.97. The average molecular weight is 137 g/mol. The predicted molar refractivity (Wildman–Crippen MR) is 34.0 cm³/mol. The molecule has 1 rings (SSSR count). The number of hydrogen-bond donors (Lipinski definition) is 1. The van der Waals surface area contributed by atoms with Gasteiger partial charge in [-0.3, -0.25) is 0 Å². The lowest BCUT2D eigenvalue weighted by molar-refractivity contribution is 0.275. The maximum atomic E-state index is 8.50. The summed E-state index contributed by atoms with van der Waals surface area (Å²) < 4.78 is 1.60. The summed E-state index contributed by atoms with van der Waals surface area (Å²) in [6.45, 7) is 0.466. The van der Waals surface area contributed by atoms with E-state index in [0.29, 0.717) is 12.4 Å². The third kappa shape index (κ3) is 1.14. The van der Waals surface area contributed by atoms with Crippen molar-refractivity contribution in [2.24, 2.45) is 0 Å². The van der Waals surface area contributed by atoms with Crippen LogP contribution in [-0.2, 0) is 6.54 Å². The monoisotopic (exact) mass is 137 g/mol. The predicted octanol–water partition coefficient (Wildman–Crippen LogP) is -0.253. The molecular formula is C6H7N3O. The molecule has 10 heavy (non-hydrogen) atoms. The Morgan fingerprint density at radius 2 is 2.60 bits per heavy atom. The van der Waals surface area contributed by atoms with Crippen molar-refractivity contribution in [1.29, 1.82) is 5.26 Å². The highest BCUT2D eigenvalue weighted by molar-refractivity contribution is 5.10. The molecule has 0 aliphatic carbocycles. The Morgan fingerprint density at radius 3 is 3.20 bits per heavy atom. The van der Waals surface area contributed by atoms with Crippen molar-refractivity contribution in [3.05, 3.63) is 18.2 Å². The molecule has 0 saturated carbocycles. The van der Waals surface area contributed by atoms with Gasteiger partial charge in [-0.1, -0.05) is 0 Å². The molecule has 0 aromatic carbocycles. The first kappa shape index (κ1) is 6.78. The van der Waals surface area contributed by atoms with E-state index in [1.54, 1.807) is 10.8 Å². The first-order chi connectivity index (χ1) is 4.88. The number of rotatable bonds is 2. The summed E-state index contributed by atoms with van der Waals surface area (Å²) in [5.74, 6) is 0.342. The van der Waals surface area contributed by atoms with Gasteiger partial charge in [-0.05, 0) is 0 Å². The number of nitrogens with zero attached hydrogens (tertiary/aromatic N) is 3. The highest BCUT2D eigenvalue weighted by atomic mass is 16.3. The summed E-state index contributed by atoms with van der Waals surface area (Å²) >= 11 is 0. The van der Waals surface area contributed by atoms with E-state index in [4.69, 9.17) is 10.4 Å². The standard InChI is InChI=1S/C6H7N3O/c7-5-6-8-1-2-9(6)3-4-10/h1-2,10H,3-4H2. The van der Waals surface area contributed by atoms with Gasteiger partial charge in [-0.2, -0.15) is 5.26 Å². The smallest absolute Gasteiger partial charge is 0.212 e. The molecule has 0 aliphatic rings. The highest BCUT2D eigenvalue weighted by Crippen LogP contribution is 1.93. The second-order valence-electron chi connectivity index (χ2n) is 1.78. The second kappa shape index (κ2) is 2.99. The van der Waals surface area contributed by atoms with Gasteiger partial charge in [0.1, 0.15) is 6.07 Å². The molecule has 1 aromatic heterocycles. The zero-order chi connectivity index (χ0) is 7.40. The molecule has 0 atom stereocenters. The van der Waals surface area contributed by atoms with E-state index in [0.717, 1.165) is 0 Å². The fourth-order valence-corrected chi connectivity index (χ4v) is 0.710. The topological polar surface area (TPSA) is 61.8 Å². The summed E-state index contributed by atoms with van der Waals surface area (Å²) in [6.07, 6.45) is 3.20. The van der Waals surface area contributed by atoms with Crippen LogP contribution in [0.1, 0.15) is 5.82 Å². The maximum absolute atomic E-state index is 8.50. The lowest BCUT2D eigenvalue weighted by Crippen LogP contribution is -2.02. The van der Waals surface area contributed by atoms with Gasteiger partial charge in [0, 0.05) is 18.9 Å². The van der Waals surface area contributed by atoms with E-state index in [1.807, 2.05) is 6.07 Å². The van der Waals surface area contributed by atoms with Gasteiger partial charge in [0.15, 0.2) is 0 Å². The van der Waals surface area contributed by atoms with Gasteiger partial charge >= 0.3 is 0 Å². The Bertz CT molecular complexity index is 248. The Kier molecular flexibility index (Phi) is 2.03. The van der Waals surface area contributed by atoms with Crippen molar-refractivity contribution < 1.29 is 5.11 Å². The molecule has 4 heteroatoms. The number of aliphatic hydroxyl groups is 1. The molecule has 52 valence electrons. The lowest BCUT2D eigenvalue weighted by Gasteiger charge is -1.96. The van der Waals surface area contributed by atoms with E-state index in [2.05, 4.69) is 4.98 Å². The van der Waals surface area contributed by atoms with Crippen molar-refractivity contribution in [3.63, 3.8) is 0 Å². The number of aliphatic hydroxyl groups excluding tert-OH is 1. The normalized spacial score (nSPS) is 9.20. The zero-order valence-electron chi connectivity index (χ0n) is 5.36. The molecule has 1 heterocycles. The molecule has 0 radical (unpaired) electrons. The van der Waals surface area contributed by atoms with E-state index in [-0.39, 0.29) is 6.61 Å². The van der Waals surface area contributed by atoms with Gasteiger partial charge < -0.3 is 9.67 Å². The first-order valence-electron chi connectivity index (χ1n) is 2.90. The molecule has 1 N–H and O–H groups in total. The number of imidazole rings is 1. The van der Waals surface area contributed by atoms with Gasteiger partial charge in [0.25, 0.3) is 0 Å². The fourth-order valence-electron chi connectivity index (χ4n) is 0.710. The number of hydrogen-bond acceptors (Lipinski definition) is 3. The molecule has 0 aliphatic heterocycles. The largest absolute Gasteiger partial charge is 0.395 e. The molecular weight excluding hydrogens is 130 g/mol. The summed E-state index contributed by atoms with van der Waals surface area (Å²) in [5, 5.41) is 16.9. The van der Waals surface area contributed by atoms with Crippen molar-refractivity contribution >= 4 is 0 Å². The zero-order valence-corrected chi connectivity index (χ0v) is 5.36. The quantitative estimate of drug-likeness (QED) is 0.611. The van der Waals surface area contributed by atoms with Gasteiger partial charge in [0.05, 0.1) is 6.61 Å². The van der Waals surface area contributed by atoms with Crippen LogP contribution in [0, 0.1) is 11.3 Å². The van der Waals surface area contributed by atoms with E-state index < -0.39 is 0 Å². The van der Waals surface area contributed by atoms with Crippen LogP contribution >= 0.6 is 0 Å². The minimum atomic E-state index is 0.0328. The molecule has 4 nitrogen and oxygen atoms in total. The number of nitriles is 1. The van der Waals surface area contributed by atoms with Crippen LogP contribution in [0.4, 0.5) is 0 Å². The fraction of sp³-hybridized carbons (Fsp3) is 0.333. The minimum Gasteiger partial charge on any atom is -0.395 e. The lowest BCUT2D eigenvalue weighted by atomic mass is 10.6. The van der Waals surface area contributed by atoms with Crippen LogP contribution in [0.2, 0.25) is 0 Å². The van der Waals surface area contributed by atoms with Crippen LogP contribution in [0.3, 0.4) is 0 Å². The van der Waals surface area contributed by atoms with Crippen molar-refractivity contribution in [3.8, 4) is 6.07 Å². The van der Waals surface area contributed by atoms with E-state index in [9.17, 15) is 0 Å². The van der Waals surface area contributed by atoms with E-state index >= 15 is 0 Å². The molecule has 1 aromatic rings. The summed E-state index contributed by atoms with van der Waals surface area (Å²) in [5.41, 5.74) is 0. The molecule has 0 amide bonds. The van der Waals surface area contributed by atoms with Crippen LogP contribution < -0.4 is 0 Å². The van der Waals surface area contributed by atoms with Crippen molar-refractivity contribution in [1.82, 2.24) is 9.55 Å². The Morgan fingerprint density at radius 1 is 1.80 bits per heavy atom. The summed E-state index contributed by atoms with van der Waals surface area (Å²) in [6, 6.07) is 1.90. The van der Waals surface area contributed by atoms with Crippen molar-refractivity contribution in [2.45, 2.75) is 6.54 Å². The van der Waals surface area contributed by atoms with Crippen LogP contribution in [0.15, 0.2) is 12.4 Å². The Balaban J connectivity index is 2.82. The molecule has 0 bridgehead atoms. The molecule has 0 unspecified atom stereocenters. The molecule has 0 fully saturated rings. The summed E-state index contributed by atoms with van der Waals surface area (Å²) in [7, 11) is 0. The van der Waals surface area contributed by atoms with E-state index in [1.165, 1.54) is 6.20 Å². The molecule has 0 saturated heterocycles. The third-order valence-corrected chi connectivity index (χ3v) is 1.16.